The SMILES string of the molecule is COc1cc2c(cc1OCCCCCOc1cc3c(cc1OC)C(=O)N1C=C(c4ccc(C(=O)O)cc4)C[C@H]1C=N3)N=CC1CC(c3ccc(CN)cc3)=CN1C2=O. The Labute approximate surface area is 335 Å². The lowest BCUT2D eigenvalue weighted by Gasteiger charge is -2.19. The molecule has 58 heavy (non-hydrogen) atoms. The molecule has 4 aromatic rings. The Hall–Kier alpha value is -6.73. The standard InChI is InChI=1S/C45H43N5O8/c1-55-39-18-35-37(47-23-33-16-31(25-49(33)43(35)51)28-8-6-27(22-46)7-9-28)20-41(39)57-14-4-3-5-15-58-42-21-38-36(19-40(42)56-2)44(52)50-26-32(17-34(50)24-48-38)29-10-12-30(13-11-29)45(53)54/h6-13,18-21,23-26,33-34H,3-5,14-17,22,46H2,1-2H3,(H,53,54)/t33?,34-/m0/s1. The quantitative estimate of drug-likeness (QED) is 0.124. The van der Waals surface area contributed by atoms with Gasteiger partial charge < -0.3 is 39.6 Å². The number of ether oxygens (including phenoxy) is 4. The summed E-state index contributed by atoms with van der Waals surface area (Å²) in [5, 5.41) is 9.24. The molecule has 0 saturated carbocycles. The van der Waals surface area contributed by atoms with Gasteiger partial charge >= 0.3 is 5.97 Å². The molecule has 1 unspecified atom stereocenters. The number of hydrogen-bond acceptors (Lipinski definition) is 10. The zero-order chi connectivity index (χ0) is 40.3. The third-order valence-electron chi connectivity index (χ3n) is 10.8. The first-order valence-corrected chi connectivity index (χ1v) is 19.2. The predicted octanol–water partition coefficient (Wildman–Crippen LogP) is 7.43. The second-order valence-electron chi connectivity index (χ2n) is 14.4. The van der Waals surface area contributed by atoms with Crippen LogP contribution in [0.1, 0.15) is 79.9 Å². The van der Waals surface area contributed by atoms with Crippen LogP contribution in [0.4, 0.5) is 11.4 Å². The largest absolute Gasteiger partial charge is 0.493 e. The lowest BCUT2D eigenvalue weighted by molar-refractivity contribution is 0.0695. The van der Waals surface area contributed by atoms with Crippen LogP contribution >= 0.6 is 0 Å². The van der Waals surface area contributed by atoms with Crippen molar-refractivity contribution in [2.24, 2.45) is 15.7 Å². The van der Waals surface area contributed by atoms with E-state index in [0.29, 0.717) is 78.1 Å². The molecular formula is C45H43N5O8. The molecule has 4 aromatic carbocycles. The number of methoxy groups -OCH3 is 2. The molecule has 3 N–H and O–H groups in total. The summed E-state index contributed by atoms with van der Waals surface area (Å²) < 4.78 is 23.5. The van der Waals surface area contributed by atoms with E-state index in [-0.39, 0.29) is 29.5 Å². The number of amides is 2. The number of rotatable bonds is 14. The zero-order valence-electron chi connectivity index (χ0n) is 32.2. The van der Waals surface area contributed by atoms with Crippen LogP contribution in [-0.4, -0.2) is 84.6 Å². The van der Waals surface area contributed by atoms with Crippen molar-refractivity contribution in [3.63, 3.8) is 0 Å². The van der Waals surface area contributed by atoms with E-state index in [4.69, 9.17) is 29.7 Å². The third kappa shape index (κ3) is 7.55. The van der Waals surface area contributed by atoms with Crippen LogP contribution < -0.4 is 24.7 Å². The minimum atomic E-state index is -0.988. The van der Waals surface area contributed by atoms with E-state index in [9.17, 15) is 19.5 Å². The molecule has 0 aliphatic carbocycles. The fraction of sp³-hybridized carbons (Fsp3) is 0.267. The monoisotopic (exact) mass is 781 g/mol. The number of nitrogens with zero attached hydrogens (tertiary/aromatic N) is 4. The van der Waals surface area contributed by atoms with E-state index in [0.717, 1.165) is 47.1 Å². The summed E-state index contributed by atoms with van der Waals surface area (Å²) in [6.07, 6.45) is 10.8. The van der Waals surface area contributed by atoms with Gasteiger partial charge in [0.05, 0.1) is 67.6 Å². The summed E-state index contributed by atoms with van der Waals surface area (Å²) >= 11 is 0. The first kappa shape index (κ1) is 38.2. The topological polar surface area (TPSA) is 166 Å². The Morgan fingerprint density at radius 2 is 1.16 bits per heavy atom. The van der Waals surface area contributed by atoms with Crippen molar-refractivity contribution < 1.29 is 38.4 Å². The highest BCUT2D eigenvalue weighted by Crippen LogP contribution is 2.42. The van der Waals surface area contributed by atoms with E-state index >= 15 is 0 Å². The Balaban J connectivity index is 0.846. The Morgan fingerprint density at radius 1 is 0.690 bits per heavy atom. The summed E-state index contributed by atoms with van der Waals surface area (Å²) in [6.45, 7) is 1.32. The van der Waals surface area contributed by atoms with Gasteiger partial charge in [-0.1, -0.05) is 36.4 Å². The van der Waals surface area contributed by atoms with Gasteiger partial charge in [0.2, 0.25) is 0 Å². The van der Waals surface area contributed by atoms with Crippen molar-refractivity contribution in [3.8, 4) is 23.0 Å². The van der Waals surface area contributed by atoms with Crippen molar-refractivity contribution in [2.75, 3.05) is 27.4 Å². The first-order chi connectivity index (χ1) is 28.2. The van der Waals surface area contributed by atoms with Gasteiger partial charge in [-0.2, -0.15) is 0 Å². The van der Waals surface area contributed by atoms with Gasteiger partial charge in [0, 0.05) is 56.3 Å². The van der Waals surface area contributed by atoms with Crippen LogP contribution in [0.15, 0.2) is 95.2 Å². The number of unbranched alkanes of at least 4 members (excludes halogenated alkanes) is 2. The van der Waals surface area contributed by atoms with E-state index < -0.39 is 5.97 Å². The number of carbonyl (C=O) groups excluding carboxylic acids is 2. The number of hydrogen-bond donors (Lipinski definition) is 2. The molecule has 4 aliphatic heterocycles. The van der Waals surface area contributed by atoms with Gasteiger partial charge in [-0.05, 0) is 71.4 Å². The van der Waals surface area contributed by atoms with Crippen LogP contribution in [-0.2, 0) is 6.54 Å². The molecule has 2 atom stereocenters. The molecule has 0 saturated heterocycles. The molecule has 296 valence electrons. The average Bonchev–Trinajstić information content (AvgIpc) is 3.83. The molecule has 0 aromatic heterocycles. The number of nitrogens with two attached hydrogens (primary N) is 1. The lowest BCUT2D eigenvalue weighted by Crippen LogP contribution is -2.32. The predicted molar refractivity (Wildman–Crippen MR) is 220 cm³/mol. The number of carboxylic acid groups (broad SMARTS) is 1. The summed E-state index contributed by atoms with van der Waals surface area (Å²) in [5.41, 5.74) is 12.8. The molecule has 4 heterocycles. The summed E-state index contributed by atoms with van der Waals surface area (Å²) in [7, 11) is 3.09. The molecule has 0 spiro atoms. The molecule has 8 rings (SSSR count). The minimum Gasteiger partial charge on any atom is -0.493 e. The van der Waals surface area contributed by atoms with E-state index in [1.54, 1.807) is 71.7 Å². The summed E-state index contributed by atoms with van der Waals surface area (Å²) in [5.74, 6) is 0.576. The lowest BCUT2D eigenvalue weighted by atomic mass is 10.0. The van der Waals surface area contributed by atoms with Gasteiger partial charge in [-0.25, -0.2) is 4.79 Å². The van der Waals surface area contributed by atoms with E-state index in [2.05, 4.69) is 4.99 Å². The molecule has 13 heteroatoms. The van der Waals surface area contributed by atoms with Crippen LogP contribution in [0.25, 0.3) is 11.1 Å². The van der Waals surface area contributed by atoms with Crippen molar-refractivity contribution in [1.29, 1.82) is 0 Å². The zero-order valence-corrected chi connectivity index (χ0v) is 32.2. The Kier molecular flexibility index (Phi) is 10.8. The average molecular weight is 782 g/mol. The molecule has 0 bridgehead atoms. The van der Waals surface area contributed by atoms with Gasteiger partial charge in [-0.15, -0.1) is 0 Å². The number of aromatic carboxylic acids is 1. The van der Waals surface area contributed by atoms with Crippen LogP contribution in [0, 0.1) is 0 Å². The third-order valence-corrected chi connectivity index (χ3v) is 10.8. The number of fused-ring (bicyclic) bond motifs is 4. The van der Waals surface area contributed by atoms with Crippen LogP contribution in [0.2, 0.25) is 0 Å². The smallest absolute Gasteiger partial charge is 0.335 e. The minimum absolute atomic E-state index is 0.143. The molecule has 13 nitrogen and oxygen atoms in total. The first-order valence-electron chi connectivity index (χ1n) is 19.2. The van der Waals surface area contributed by atoms with Crippen LogP contribution in [0.5, 0.6) is 23.0 Å². The Morgan fingerprint density at radius 3 is 1.59 bits per heavy atom. The summed E-state index contributed by atoms with van der Waals surface area (Å²) in [6, 6.07) is 21.1. The molecule has 0 fully saturated rings. The van der Waals surface area contributed by atoms with Crippen molar-refractivity contribution in [1.82, 2.24) is 9.80 Å². The van der Waals surface area contributed by atoms with Crippen molar-refractivity contribution >= 4 is 52.7 Å². The van der Waals surface area contributed by atoms with Crippen LogP contribution in [0.3, 0.4) is 0 Å². The van der Waals surface area contributed by atoms with Crippen molar-refractivity contribution in [3.05, 3.63) is 119 Å². The highest BCUT2D eigenvalue weighted by Gasteiger charge is 2.35. The fourth-order valence-corrected chi connectivity index (χ4v) is 7.57. The molecule has 2 amide bonds. The highest BCUT2D eigenvalue weighted by atomic mass is 16.5. The number of carbonyl (C=O) groups is 3. The number of carboxylic acids is 1. The fourth-order valence-electron chi connectivity index (χ4n) is 7.57. The summed E-state index contributed by atoms with van der Waals surface area (Å²) in [4.78, 5) is 51.5. The van der Waals surface area contributed by atoms with Gasteiger partial charge in [0.25, 0.3) is 11.8 Å². The second-order valence-corrected chi connectivity index (χ2v) is 14.4. The van der Waals surface area contributed by atoms with Gasteiger partial charge in [0.15, 0.2) is 23.0 Å². The maximum Gasteiger partial charge on any atom is 0.335 e. The highest BCUT2D eigenvalue weighted by molar-refractivity contribution is 6.06. The van der Waals surface area contributed by atoms with E-state index in [1.807, 2.05) is 42.9 Å². The van der Waals surface area contributed by atoms with E-state index in [1.165, 1.54) is 7.11 Å². The maximum absolute atomic E-state index is 13.7. The number of aliphatic imine (C=N–C) groups is 2. The number of benzene rings is 4. The maximum atomic E-state index is 13.7. The Bertz CT molecular complexity index is 2390. The van der Waals surface area contributed by atoms with Gasteiger partial charge in [-0.3, -0.25) is 19.6 Å². The molecular weight excluding hydrogens is 739 g/mol. The molecule has 0 radical (unpaired) electrons. The van der Waals surface area contributed by atoms with Crippen molar-refractivity contribution in [2.45, 2.75) is 50.7 Å². The molecule has 4 aliphatic rings. The normalized spacial score (nSPS) is 17.7. The second kappa shape index (κ2) is 16.4. The van der Waals surface area contributed by atoms with Gasteiger partial charge in [0.1, 0.15) is 0 Å².